The fourth-order valence-electron chi connectivity index (χ4n) is 2.91. The number of benzene rings is 2. The molecule has 0 fully saturated rings. The van der Waals surface area contributed by atoms with Gasteiger partial charge in [0.25, 0.3) is 11.5 Å². The maximum absolute atomic E-state index is 12.0. The highest BCUT2D eigenvalue weighted by Crippen LogP contribution is 2.15. The Morgan fingerprint density at radius 1 is 1.10 bits per heavy atom. The van der Waals surface area contributed by atoms with Crippen LogP contribution >= 0.6 is 0 Å². The number of carbonyl (C=O) groups excluding carboxylic acids is 2. The summed E-state index contributed by atoms with van der Waals surface area (Å²) in [4.78, 5) is 45.0. The zero-order chi connectivity index (χ0) is 21.5. The Hall–Kier alpha value is -3.68. The third-order valence-corrected chi connectivity index (χ3v) is 4.49. The summed E-state index contributed by atoms with van der Waals surface area (Å²) < 4.78 is 5.02. The molecule has 0 radical (unpaired) electrons. The number of nitrogens with zero attached hydrogens (tertiary/aromatic N) is 2. The summed E-state index contributed by atoms with van der Waals surface area (Å²) in [7, 11) is 3.86. The summed E-state index contributed by atoms with van der Waals surface area (Å²) in [5.74, 6) is -0.358. The molecule has 30 heavy (non-hydrogen) atoms. The number of hydrogen-bond acceptors (Lipinski definition) is 6. The number of nitrogens with one attached hydrogen (secondary N) is 2. The van der Waals surface area contributed by atoms with Gasteiger partial charge in [0.05, 0.1) is 10.9 Å². The fourth-order valence-corrected chi connectivity index (χ4v) is 2.91. The maximum Gasteiger partial charge on any atom is 0.306 e. The number of aryl methyl sites for hydroxylation is 1. The summed E-state index contributed by atoms with van der Waals surface area (Å²) in [5, 5.41) is 3.21. The smallest absolute Gasteiger partial charge is 0.306 e. The Bertz CT molecular complexity index is 1090. The molecule has 1 heterocycles. The molecule has 8 nitrogen and oxygen atoms in total. The van der Waals surface area contributed by atoms with E-state index in [1.54, 1.807) is 30.3 Å². The van der Waals surface area contributed by atoms with E-state index in [2.05, 4.69) is 15.3 Å². The molecule has 3 aromatic rings. The number of rotatable bonds is 8. The van der Waals surface area contributed by atoms with Gasteiger partial charge >= 0.3 is 5.97 Å². The van der Waals surface area contributed by atoms with Crippen molar-refractivity contribution in [1.29, 1.82) is 0 Å². The highest BCUT2D eigenvalue weighted by Gasteiger charge is 2.09. The van der Waals surface area contributed by atoms with Gasteiger partial charge in [0.1, 0.15) is 5.82 Å². The quantitative estimate of drug-likeness (QED) is 0.555. The van der Waals surface area contributed by atoms with Gasteiger partial charge < -0.3 is 19.9 Å². The van der Waals surface area contributed by atoms with E-state index in [0.29, 0.717) is 35.3 Å². The van der Waals surface area contributed by atoms with Crippen LogP contribution in [-0.4, -0.2) is 42.5 Å². The van der Waals surface area contributed by atoms with Gasteiger partial charge in [0.2, 0.25) is 0 Å². The predicted molar refractivity (Wildman–Crippen MR) is 116 cm³/mol. The Labute approximate surface area is 173 Å². The van der Waals surface area contributed by atoms with Crippen LogP contribution in [-0.2, 0) is 20.7 Å². The molecule has 0 aliphatic rings. The molecule has 8 heteroatoms. The second kappa shape index (κ2) is 9.69. The Morgan fingerprint density at radius 2 is 1.83 bits per heavy atom. The van der Waals surface area contributed by atoms with Crippen LogP contribution < -0.4 is 15.8 Å². The Balaban J connectivity index is 1.41. The minimum absolute atomic E-state index is 0.126. The summed E-state index contributed by atoms with van der Waals surface area (Å²) in [6.07, 6.45) is 1.01. The summed E-state index contributed by atoms with van der Waals surface area (Å²) >= 11 is 0. The van der Waals surface area contributed by atoms with Crippen molar-refractivity contribution in [2.75, 3.05) is 30.9 Å². The van der Waals surface area contributed by atoms with E-state index >= 15 is 0 Å². The first-order chi connectivity index (χ1) is 14.4. The van der Waals surface area contributed by atoms with E-state index in [1.165, 1.54) is 0 Å². The molecule has 0 unspecified atom stereocenters. The Kier molecular flexibility index (Phi) is 6.79. The first kappa shape index (κ1) is 21.0. The predicted octanol–water partition coefficient (Wildman–Crippen LogP) is 2.49. The second-order valence-corrected chi connectivity index (χ2v) is 7.03. The van der Waals surface area contributed by atoms with Crippen LogP contribution in [0.3, 0.4) is 0 Å². The lowest BCUT2D eigenvalue weighted by Crippen LogP contribution is -2.21. The van der Waals surface area contributed by atoms with E-state index in [4.69, 9.17) is 4.74 Å². The first-order valence-electron chi connectivity index (χ1n) is 9.63. The summed E-state index contributed by atoms with van der Waals surface area (Å²) in [6, 6.07) is 14.4. The summed E-state index contributed by atoms with van der Waals surface area (Å²) in [5.41, 5.74) is 2.07. The number of fused-ring (bicyclic) bond motifs is 1. The van der Waals surface area contributed by atoms with Gasteiger partial charge in [-0.25, -0.2) is 4.98 Å². The average molecular weight is 408 g/mol. The standard InChI is InChI=1S/C22H24N4O4/c1-26(2)16-12-10-15(11-13-16)23-20(27)14-30-21(28)9-5-8-19-24-18-7-4-3-6-17(18)22(29)25-19/h3-4,6-7,10-13H,5,8-9,14H2,1-2H3,(H,23,27)(H,24,25,29). The van der Waals surface area contributed by atoms with Crippen molar-refractivity contribution >= 4 is 34.2 Å². The number of aromatic nitrogens is 2. The normalized spacial score (nSPS) is 10.6. The number of hydrogen-bond donors (Lipinski definition) is 2. The monoisotopic (exact) mass is 408 g/mol. The largest absolute Gasteiger partial charge is 0.456 e. The molecule has 0 aliphatic heterocycles. The molecular formula is C22H24N4O4. The van der Waals surface area contributed by atoms with Crippen LogP contribution in [0.2, 0.25) is 0 Å². The van der Waals surface area contributed by atoms with Crippen molar-refractivity contribution in [3.8, 4) is 0 Å². The Morgan fingerprint density at radius 3 is 2.57 bits per heavy atom. The molecule has 0 saturated carbocycles. The molecule has 2 N–H and O–H groups in total. The molecule has 156 valence electrons. The van der Waals surface area contributed by atoms with Gasteiger partial charge in [-0.05, 0) is 42.8 Å². The fraction of sp³-hybridized carbons (Fsp3) is 0.273. The lowest BCUT2D eigenvalue weighted by molar-refractivity contribution is -0.147. The van der Waals surface area contributed by atoms with Gasteiger partial charge in [-0.15, -0.1) is 0 Å². The lowest BCUT2D eigenvalue weighted by atomic mass is 10.2. The molecule has 0 aliphatic carbocycles. The topological polar surface area (TPSA) is 104 Å². The molecule has 1 aromatic heterocycles. The number of esters is 1. The van der Waals surface area contributed by atoms with Crippen molar-refractivity contribution in [3.63, 3.8) is 0 Å². The average Bonchev–Trinajstić information content (AvgIpc) is 2.73. The molecule has 0 spiro atoms. The van der Waals surface area contributed by atoms with Crippen molar-refractivity contribution in [2.45, 2.75) is 19.3 Å². The molecular weight excluding hydrogens is 384 g/mol. The molecule has 0 saturated heterocycles. The van der Waals surface area contributed by atoms with E-state index in [-0.39, 0.29) is 18.6 Å². The number of carbonyl (C=O) groups is 2. The third-order valence-electron chi connectivity index (χ3n) is 4.49. The molecule has 0 atom stereocenters. The van der Waals surface area contributed by atoms with Crippen molar-refractivity contribution in [1.82, 2.24) is 9.97 Å². The number of aromatic amines is 1. The number of H-pyrrole nitrogens is 1. The SMILES string of the molecule is CN(C)c1ccc(NC(=O)COC(=O)CCCc2nc3ccccc3c(=O)[nH]2)cc1. The summed E-state index contributed by atoms with van der Waals surface area (Å²) in [6.45, 7) is -0.348. The highest BCUT2D eigenvalue weighted by molar-refractivity contribution is 5.92. The minimum atomic E-state index is -0.476. The van der Waals surface area contributed by atoms with Crippen LogP contribution in [0.15, 0.2) is 53.3 Å². The van der Waals surface area contributed by atoms with E-state index < -0.39 is 11.9 Å². The van der Waals surface area contributed by atoms with Gasteiger partial charge in [-0.3, -0.25) is 14.4 Å². The van der Waals surface area contributed by atoms with E-state index in [9.17, 15) is 14.4 Å². The van der Waals surface area contributed by atoms with Gasteiger partial charge in [-0.2, -0.15) is 0 Å². The van der Waals surface area contributed by atoms with Crippen LogP contribution in [0.1, 0.15) is 18.7 Å². The van der Waals surface area contributed by atoms with Crippen molar-refractivity contribution in [3.05, 3.63) is 64.7 Å². The highest BCUT2D eigenvalue weighted by atomic mass is 16.5. The van der Waals surface area contributed by atoms with Gasteiger partial charge in [0, 0.05) is 38.3 Å². The number of para-hydroxylation sites is 1. The van der Waals surface area contributed by atoms with Gasteiger partial charge in [0.15, 0.2) is 6.61 Å². The molecule has 2 aromatic carbocycles. The molecule has 0 bridgehead atoms. The van der Waals surface area contributed by atoms with E-state index in [0.717, 1.165) is 5.69 Å². The molecule has 3 rings (SSSR count). The number of amides is 1. The second-order valence-electron chi connectivity index (χ2n) is 7.03. The number of ether oxygens (including phenoxy) is 1. The van der Waals surface area contributed by atoms with Crippen LogP contribution in [0.5, 0.6) is 0 Å². The van der Waals surface area contributed by atoms with Crippen LogP contribution in [0, 0.1) is 0 Å². The first-order valence-corrected chi connectivity index (χ1v) is 9.63. The zero-order valence-corrected chi connectivity index (χ0v) is 17.0. The molecule has 1 amide bonds. The lowest BCUT2D eigenvalue weighted by Gasteiger charge is -2.13. The zero-order valence-electron chi connectivity index (χ0n) is 17.0. The maximum atomic E-state index is 12.0. The van der Waals surface area contributed by atoms with Gasteiger partial charge in [-0.1, -0.05) is 12.1 Å². The number of anilines is 2. The van der Waals surface area contributed by atoms with Crippen LogP contribution in [0.4, 0.5) is 11.4 Å². The van der Waals surface area contributed by atoms with Crippen molar-refractivity contribution < 1.29 is 14.3 Å². The minimum Gasteiger partial charge on any atom is -0.456 e. The third kappa shape index (κ3) is 5.66. The van der Waals surface area contributed by atoms with Crippen molar-refractivity contribution in [2.24, 2.45) is 0 Å². The van der Waals surface area contributed by atoms with Crippen LogP contribution in [0.25, 0.3) is 10.9 Å². The van der Waals surface area contributed by atoms with E-state index in [1.807, 2.05) is 37.2 Å².